The van der Waals surface area contributed by atoms with Crippen LogP contribution in [-0.4, -0.2) is 6.41 Å². The Morgan fingerprint density at radius 2 is 2.00 bits per heavy atom. The van der Waals surface area contributed by atoms with Crippen molar-refractivity contribution in [2.75, 3.05) is 5.32 Å². The Balaban J connectivity index is 2.94. The summed E-state index contributed by atoms with van der Waals surface area (Å²) in [5.74, 6) is 0.464. The molecule has 15 heavy (non-hydrogen) atoms. The maximum absolute atomic E-state index is 10.3. The van der Waals surface area contributed by atoms with Gasteiger partial charge < -0.3 is 5.32 Å². The van der Waals surface area contributed by atoms with E-state index < -0.39 is 0 Å². The highest BCUT2D eigenvalue weighted by atomic mass is 16.1. The van der Waals surface area contributed by atoms with Gasteiger partial charge in [0.15, 0.2) is 0 Å². The summed E-state index contributed by atoms with van der Waals surface area (Å²) in [6.45, 7) is 8.87. The highest BCUT2D eigenvalue weighted by Crippen LogP contribution is 2.35. The van der Waals surface area contributed by atoms with Gasteiger partial charge in [0.2, 0.25) is 6.41 Å². The lowest BCUT2D eigenvalue weighted by Gasteiger charge is -2.27. The van der Waals surface area contributed by atoms with Crippen molar-refractivity contribution in [2.24, 2.45) is 5.41 Å². The molecule has 1 aromatic rings. The van der Waals surface area contributed by atoms with E-state index in [-0.39, 0.29) is 5.41 Å². The van der Waals surface area contributed by atoms with Crippen LogP contribution in [0, 0.1) is 5.41 Å². The highest BCUT2D eigenvalue weighted by Gasteiger charge is 2.21. The standard InChI is InChI=1S/C13H19NO/c1-10(13(2,3)4)11-6-5-7-12(8-11)14-9-15/h5-10H,1-4H3,(H,14,15). The molecule has 2 heteroatoms. The second-order valence-corrected chi connectivity index (χ2v) is 4.98. The zero-order valence-corrected chi connectivity index (χ0v) is 9.87. The predicted molar refractivity (Wildman–Crippen MR) is 64.0 cm³/mol. The van der Waals surface area contributed by atoms with Crippen molar-refractivity contribution < 1.29 is 4.79 Å². The topological polar surface area (TPSA) is 29.1 Å². The van der Waals surface area contributed by atoms with Gasteiger partial charge in [-0.3, -0.25) is 4.79 Å². The van der Waals surface area contributed by atoms with Gasteiger partial charge in [0, 0.05) is 5.69 Å². The summed E-state index contributed by atoms with van der Waals surface area (Å²) >= 11 is 0. The molecule has 1 unspecified atom stereocenters. The van der Waals surface area contributed by atoms with Gasteiger partial charge in [0.1, 0.15) is 0 Å². The van der Waals surface area contributed by atoms with Crippen molar-refractivity contribution in [1.82, 2.24) is 0 Å². The fraction of sp³-hybridized carbons (Fsp3) is 0.462. The molecule has 0 saturated carbocycles. The molecule has 0 aliphatic carbocycles. The summed E-state index contributed by atoms with van der Waals surface area (Å²) in [7, 11) is 0. The molecule has 1 rings (SSSR count). The molecule has 1 aromatic carbocycles. The van der Waals surface area contributed by atoms with Gasteiger partial charge in [-0.05, 0) is 29.0 Å². The minimum absolute atomic E-state index is 0.236. The molecular formula is C13H19NO. The molecule has 0 spiro atoms. The van der Waals surface area contributed by atoms with Crippen LogP contribution >= 0.6 is 0 Å². The average molecular weight is 205 g/mol. The van der Waals surface area contributed by atoms with Crippen LogP contribution in [0.2, 0.25) is 0 Å². The lowest BCUT2D eigenvalue weighted by Crippen LogP contribution is -2.15. The fourth-order valence-corrected chi connectivity index (χ4v) is 1.47. The Morgan fingerprint density at radius 1 is 1.33 bits per heavy atom. The largest absolute Gasteiger partial charge is 0.329 e. The summed E-state index contributed by atoms with van der Waals surface area (Å²) in [6.07, 6.45) is 0.709. The molecule has 0 heterocycles. The number of anilines is 1. The van der Waals surface area contributed by atoms with E-state index >= 15 is 0 Å². The molecule has 0 aromatic heterocycles. The van der Waals surface area contributed by atoms with Gasteiger partial charge in [0.25, 0.3) is 0 Å². The fourth-order valence-electron chi connectivity index (χ4n) is 1.47. The molecule has 0 aliphatic rings. The summed E-state index contributed by atoms with van der Waals surface area (Å²) in [5, 5.41) is 2.67. The maximum Gasteiger partial charge on any atom is 0.211 e. The van der Waals surface area contributed by atoms with Crippen molar-refractivity contribution in [3.63, 3.8) is 0 Å². The first-order chi connectivity index (χ1) is 6.95. The second kappa shape index (κ2) is 4.47. The minimum Gasteiger partial charge on any atom is -0.329 e. The first kappa shape index (κ1) is 11.8. The number of carbonyl (C=O) groups excluding carboxylic acids is 1. The van der Waals surface area contributed by atoms with Gasteiger partial charge in [-0.15, -0.1) is 0 Å². The molecule has 0 aliphatic heterocycles. The van der Waals surface area contributed by atoms with E-state index in [0.29, 0.717) is 12.3 Å². The van der Waals surface area contributed by atoms with Crippen LogP contribution in [0.4, 0.5) is 5.69 Å². The van der Waals surface area contributed by atoms with Gasteiger partial charge in [-0.2, -0.15) is 0 Å². The minimum atomic E-state index is 0.236. The van der Waals surface area contributed by atoms with Crippen molar-refractivity contribution in [2.45, 2.75) is 33.6 Å². The maximum atomic E-state index is 10.3. The van der Waals surface area contributed by atoms with Gasteiger partial charge >= 0.3 is 0 Å². The van der Waals surface area contributed by atoms with Crippen LogP contribution in [0.25, 0.3) is 0 Å². The second-order valence-electron chi connectivity index (χ2n) is 4.98. The first-order valence-corrected chi connectivity index (χ1v) is 5.25. The third kappa shape index (κ3) is 3.08. The lowest BCUT2D eigenvalue weighted by molar-refractivity contribution is -0.105. The molecule has 82 valence electrons. The van der Waals surface area contributed by atoms with E-state index in [4.69, 9.17) is 0 Å². The summed E-state index contributed by atoms with van der Waals surface area (Å²) in [5.41, 5.74) is 2.35. The number of benzene rings is 1. The van der Waals surface area contributed by atoms with E-state index in [2.05, 4.69) is 39.1 Å². The van der Waals surface area contributed by atoms with E-state index in [1.54, 1.807) is 0 Å². The van der Waals surface area contributed by atoms with Crippen molar-refractivity contribution in [1.29, 1.82) is 0 Å². The summed E-state index contributed by atoms with van der Waals surface area (Å²) in [4.78, 5) is 10.3. The molecule has 0 saturated heterocycles. The van der Waals surface area contributed by atoms with E-state index in [1.807, 2.05) is 18.2 Å². The monoisotopic (exact) mass is 205 g/mol. The van der Waals surface area contributed by atoms with E-state index in [9.17, 15) is 4.79 Å². The van der Waals surface area contributed by atoms with E-state index in [1.165, 1.54) is 5.56 Å². The Labute approximate surface area is 91.7 Å². The van der Waals surface area contributed by atoms with Crippen LogP contribution in [0.1, 0.15) is 39.2 Å². The van der Waals surface area contributed by atoms with Crippen LogP contribution < -0.4 is 5.32 Å². The molecule has 1 N–H and O–H groups in total. The smallest absolute Gasteiger partial charge is 0.211 e. The van der Waals surface area contributed by atoms with Gasteiger partial charge in [-0.25, -0.2) is 0 Å². The summed E-state index contributed by atoms with van der Waals surface area (Å²) < 4.78 is 0. The molecule has 1 amide bonds. The Hall–Kier alpha value is -1.31. The lowest BCUT2D eigenvalue weighted by atomic mass is 9.78. The van der Waals surface area contributed by atoms with Gasteiger partial charge in [-0.1, -0.05) is 39.8 Å². The van der Waals surface area contributed by atoms with Gasteiger partial charge in [0.05, 0.1) is 0 Å². The van der Waals surface area contributed by atoms with Crippen molar-refractivity contribution >= 4 is 12.1 Å². The molecule has 1 atom stereocenters. The number of amides is 1. The van der Waals surface area contributed by atoms with E-state index in [0.717, 1.165) is 5.69 Å². The molecule has 0 bridgehead atoms. The SMILES string of the molecule is CC(c1cccc(NC=O)c1)C(C)(C)C. The number of rotatable bonds is 3. The number of hydrogen-bond donors (Lipinski definition) is 1. The third-order valence-electron chi connectivity index (χ3n) is 2.91. The van der Waals surface area contributed by atoms with Crippen LogP contribution in [0.15, 0.2) is 24.3 Å². The van der Waals surface area contributed by atoms with Crippen molar-refractivity contribution in [3.05, 3.63) is 29.8 Å². The molecule has 0 radical (unpaired) electrons. The first-order valence-electron chi connectivity index (χ1n) is 5.25. The average Bonchev–Trinajstić information content (AvgIpc) is 2.16. The Kier molecular flexibility index (Phi) is 3.51. The third-order valence-corrected chi connectivity index (χ3v) is 2.91. The zero-order chi connectivity index (χ0) is 11.5. The zero-order valence-electron chi connectivity index (χ0n) is 9.87. The van der Waals surface area contributed by atoms with Crippen LogP contribution in [-0.2, 0) is 4.79 Å². The Morgan fingerprint density at radius 3 is 2.53 bits per heavy atom. The Bertz CT molecular complexity index is 339. The van der Waals surface area contributed by atoms with Crippen molar-refractivity contribution in [3.8, 4) is 0 Å². The normalized spacial score (nSPS) is 13.3. The molecular weight excluding hydrogens is 186 g/mol. The summed E-state index contributed by atoms with van der Waals surface area (Å²) in [6, 6.07) is 8.01. The number of carbonyl (C=O) groups is 1. The van der Waals surface area contributed by atoms with Crippen LogP contribution in [0.3, 0.4) is 0 Å². The molecule has 0 fully saturated rings. The number of hydrogen-bond acceptors (Lipinski definition) is 1. The highest BCUT2D eigenvalue weighted by molar-refractivity contribution is 5.71. The quantitative estimate of drug-likeness (QED) is 0.753. The predicted octanol–water partition coefficient (Wildman–Crippen LogP) is 3.40. The molecule has 2 nitrogen and oxygen atoms in total. The number of nitrogens with one attached hydrogen (secondary N) is 1. The van der Waals surface area contributed by atoms with Crippen LogP contribution in [0.5, 0.6) is 0 Å².